The average molecular weight is 266 g/mol. The molecule has 1 aromatic carbocycles. The van der Waals surface area contributed by atoms with E-state index in [4.69, 9.17) is 9.47 Å². The molecule has 0 saturated carbocycles. The van der Waals surface area contributed by atoms with E-state index < -0.39 is 0 Å². The molecule has 5 heteroatoms. The van der Waals surface area contributed by atoms with Crippen molar-refractivity contribution in [1.82, 2.24) is 10.3 Å². The number of para-hydroxylation sites is 1. The Balaban J connectivity index is 1.86. The maximum Gasteiger partial charge on any atom is 0.108 e. The molecule has 1 N–H and O–H groups in total. The van der Waals surface area contributed by atoms with E-state index in [1.54, 1.807) is 25.6 Å². The first-order valence-corrected chi connectivity index (χ1v) is 6.72. The molecule has 18 heavy (non-hydrogen) atoms. The molecular formula is C13H18N2O2S. The first kappa shape index (κ1) is 13.4. The van der Waals surface area contributed by atoms with Crippen LogP contribution in [0, 0.1) is 0 Å². The fourth-order valence-corrected chi connectivity index (χ4v) is 2.67. The highest BCUT2D eigenvalue weighted by Crippen LogP contribution is 2.21. The van der Waals surface area contributed by atoms with Crippen LogP contribution in [0.2, 0.25) is 0 Å². The maximum absolute atomic E-state index is 5.28. The summed E-state index contributed by atoms with van der Waals surface area (Å²) in [7, 11) is 3.38. The zero-order valence-electron chi connectivity index (χ0n) is 10.7. The molecule has 0 bridgehead atoms. The van der Waals surface area contributed by atoms with Gasteiger partial charge in [-0.15, -0.1) is 11.3 Å². The van der Waals surface area contributed by atoms with Crippen LogP contribution in [0.15, 0.2) is 24.3 Å². The van der Waals surface area contributed by atoms with Crippen molar-refractivity contribution < 1.29 is 9.47 Å². The topological polar surface area (TPSA) is 43.4 Å². The first-order valence-electron chi connectivity index (χ1n) is 5.90. The van der Waals surface area contributed by atoms with Crippen LogP contribution in [0.3, 0.4) is 0 Å². The van der Waals surface area contributed by atoms with Crippen molar-refractivity contribution in [1.29, 1.82) is 0 Å². The average Bonchev–Trinajstić information content (AvgIpc) is 2.80. The summed E-state index contributed by atoms with van der Waals surface area (Å²) in [6.45, 7) is 2.13. The lowest BCUT2D eigenvalue weighted by molar-refractivity contribution is 0.0288. The third-order valence-electron chi connectivity index (χ3n) is 2.67. The van der Waals surface area contributed by atoms with Crippen molar-refractivity contribution in [2.24, 2.45) is 0 Å². The molecule has 2 aromatic rings. The van der Waals surface area contributed by atoms with Crippen LogP contribution in [0.25, 0.3) is 10.2 Å². The van der Waals surface area contributed by atoms with Gasteiger partial charge in [0.05, 0.1) is 22.9 Å². The zero-order valence-corrected chi connectivity index (χ0v) is 11.5. The number of nitrogens with zero attached hydrogens (tertiary/aromatic N) is 1. The first-order chi connectivity index (χ1) is 8.83. The summed E-state index contributed by atoms with van der Waals surface area (Å²) >= 11 is 1.72. The number of hydrogen-bond donors (Lipinski definition) is 1. The Hall–Kier alpha value is -1.01. The molecule has 0 saturated heterocycles. The quantitative estimate of drug-likeness (QED) is 0.833. The van der Waals surface area contributed by atoms with Gasteiger partial charge >= 0.3 is 0 Å². The van der Waals surface area contributed by atoms with Gasteiger partial charge in [0, 0.05) is 27.3 Å². The Bertz CT molecular complexity index is 454. The molecule has 4 nitrogen and oxygen atoms in total. The van der Waals surface area contributed by atoms with E-state index in [0.29, 0.717) is 6.61 Å². The van der Waals surface area contributed by atoms with Crippen LogP contribution in [-0.2, 0) is 16.0 Å². The van der Waals surface area contributed by atoms with Gasteiger partial charge in [-0.05, 0) is 12.1 Å². The second-order valence-corrected chi connectivity index (χ2v) is 5.13. The fraction of sp³-hybridized carbons (Fsp3) is 0.462. The lowest BCUT2D eigenvalue weighted by atomic mass is 10.3. The third-order valence-corrected chi connectivity index (χ3v) is 3.71. The zero-order chi connectivity index (χ0) is 12.8. The third kappa shape index (κ3) is 3.49. The Labute approximate surface area is 111 Å². The largest absolute Gasteiger partial charge is 0.382 e. The Kier molecular flexibility index (Phi) is 5.07. The molecule has 1 heterocycles. The van der Waals surface area contributed by atoms with Crippen LogP contribution in [-0.4, -0.2) is 38.5 Å². The van der Waals surface area contributed by atoms with E-state index in [1.165, 1.54) is 4.70 Å². The normalized spacial score (nSPS) is 13.0. The summed E-state index contributed by atoms with van der Waals surface area (Å²) in [5.74, 6) is 0. The highest BCUT2D eigenvalue weighted by Gasteiger charge is 2.07. The molecule has 0 spiro atoms. The molecule has 1 atom stereocenters. The van der Waals surface area contributed by atoms with Gasteiger partial charge in [0.15, 0.2) is 0 Å². The number of nitrogens with one attached hydrogen (secondary N) is 1. The minimum Gasteiger partial charge on any atom is -0.382 e. The molecule has 2 rings (SSSR count). The summed E-state index contributed by atoms with van der Waals surface area (Å²) in [6, 6.07) is 8.19. The molecule has 0 aliphatic heterocycles. The van der Waals surface area contributed by atoms with E-state index in [2.05, 4.69) is 16.4 Å². The number of benzene rings is 1. The highest BCUT2D eigenvalue weighted by molar-refractivity contribution is 7.18. The SMILES string of the molecule is COCC(CNCc1nc2ccccc2s1)OC. The van der Waals surface area contributed by atoms with Crippen LogP contribution in [0.5, 0.6) is 0 Å². The van der Waals surface area contributed by atoms with Crippen LogP contribution < -0.4 is 5.32 Å². The van der Waals surface area contributed by atoms with Crippen LogP contribution in [0.4, 0.5) is 0 Å². The fourth-order valence-electron chi connectivity index (χ4n) is 1.73. The second-order valence-electron chi connectivity index (χ2n) is 4.02. The Morgan fingerprint density at radius 1 is 1.33 bits per heavy atom. The van der Waals surface area contributed by atoms with Gasteiger partial charge in [-0.2, -0.15) is 0 Å². The van der Waals surface area contributed by atoms with E-state index in [0.717, 1.165) is 23.6 Å². The standard InChI is InChI=1S/C13H18N2O2S/c1-16-9-10(17-2)7-14-8-13-15-11-5-3-4-6-12(11)18-13/h3-6,10,14H,7-9H2,1-2H3. The molecule has 0 aliphatic carbocycles. The van der Waals surface area contributed by atoms with Gasteiger partial charge in [0.1, 0.15) is 5.01 Å². The van der Waals surface area contributed by atoms with E-state index in [-0.39, 0.29) is 6.10 Å². The molecule has 98 valence electrons. The van der Waals surface area contributed by atoms with Crippen molar-refractivity contribution in [3.8, 4) is 0 Å². The van der Waals surface area contributed by atoms with Crippen LogP contribution >= 0.6 is 11.3 Å². The highest BCUT2D eigenvalue weighted by atomic mass is 32.1. The summed E-state index contributed by atoms with van der Waals surface area (Å²) in [6.07, 6.45) is 0.0874. The van der Waals surface area contributed by atoms with E-state index in [1.807, 2.05) is 18.2 Å². The van der Waals surface area contributed by atoms with Crippen molar-refractivity contribution in [3.63, 3.8) is 0 Å². The number of rotatable bonds is 7. The van der Waals surface area contributed by atoms with Gasteiger partial charge in [-0.1, -0.05) is 12.1 Å². The maximum atomic E-state index is 5.28. The molecule has 0 aliphatic rings. The monoisotopic (exact) mass is 266 g/mol. The van der Waals surface area contributed by atoms with Gasteiger partial charge < -0.3 is 14.8 Å². The lowest BCUT2D eigenvalue weighted by Gasteiger charge is -2.14. The molecule has 1 unspecified atom stereocenters. The predicted octanol–water partition coefficient (Wildman–Crippen LogP) is 2.05. The minimum absolute atomic E-state index is 0.0874. The molecule has 0 fully saturated rings. The molecular weight excluding hydrogens is 248 g/mol. The summed E-state index contributed by atoms with van der Waals surface area (Å²) in [5.41, 5.74) is 1.07. The van der Waals surface area contributed by atoms with Crippen molar-refractivity contribution >= 4 is 21.6 Å². The number of aromatic nitrogens is 1. The summed E-state index contributed by atoms with van der Waals surface area (Å²) in [4.78, 5) is 4.57. The van der Waals surface area contributed by atoms with Gasteiger partial charge in [-0.3, -0.25) is 0 Å². The lowest BCUT2D eigenvalue weighted by Crippen LogP contribution is -2.31. The molecule has 0 radical (unpaired) electrons. The molecule has 1 aromatic heterocycles. The van der Waals surface area contributed by atoms with E-state index >= 15 is 0 Å². The van der Waals surface area contributed by atoms with Crippen molar-refractivity contribution in [3.05, 3.63) is 29.3 Å². The minimum atomic E-state index is 0.0874. The Morgan fingerprint density at radius 2 is 2.17 bits per heavy atom. The number of fused-ring (bicyclic) bond motifs is 1. The van der Waals surface area contributed by atoms with E-state index in [9.17, 15) is 0 Å². The van der Waals surface area contributed by atoms with Gasteiger partial charge in [0.25, 0.3) is 0 Å². The van der Waals surface area contributed by atoms with Gasteiger partial charge in [-0.25, -0.2) is 4.98 Å². The van der Waals surface area contributed by atoms with Gasteiger partial charge in [0.2, 0.25) is 0 Å². The number of thiazole rings is 1. The second kappa shape index (κ2) is 6.80. The van der Waals surface area contributed by atoms with Crippen molar-refractivity contribution in [2.75, 3.05) is 27.4 Å². The molecule has 0 amide bonds. The summed E-state index contributed by atoms with van der Waals surface area (Å²) in [5, 5.41) is 4.44. The predicted molar refractivity (Wildman–Crippen MR) is 74.0 cm³/mol. The summed E-state index contributed by atoms with van der Waals surface area (Å²) < 4.78 is 11.6. The van der Waals surface area contributed by atoms with Crippen molar-refractivity contribution in [2.45, 2.75) is 12.6 Å². The Morgan fingerprint density at radius 3 is 2.89 bits per heavy atom. The number of ether oxygens (including phenoxy) is 2. The number of hydrogen-bond acceptors (Lipinski definition) is 5. The van der Waals surface area contributed by atoms with Crippen LogP contribution in [0.1, 0.15) is 5.01 Å². The smallest absolute Gasteiger partial charge is 0.108 e. The number of methoxy groups -OCH3 is 2.